The van der Waals surface area contributed by atoms with E-state index in [-0.39, 0.29) is 36.4 Å². The van der Waals surface area contributed by atoms with Gasteiger partial charge in [0, 0.05) is 30.4 Å². The number of nitrogens with zero attached hydrogens (tertiary/aromatic N) is 2. The Labute approximate surface area is 194 Å². The Balaban J connectivity index is 0.00000320. The van der Waals surface area contributed by atoms with Crippen LogP contribution < -0.4 is 25.0 Å². The highest BCUT2D eigenvalue weighted by molar-refractivity contribution is 14.0. The summed E-state index contributed by atoms with van der Waals surface area (Å²) < 4.78 is 10.7. The predicted octanol–water partition coefficient (Wildman–Crippen LogP) is 2.97. The lowest BCUT2D eigenvalue weighted by Crippen LogP contribution is -2.44. The number of carbonyl (C=O) groups is 1. The van der Waals surface area contributed by atoms with Crippen LogP contribution in [0.2, 0.25) is 0 Å². The molecule has 2 N–H and O–H groups in total. The Morgan fingerprint density at radius 2 is 1.93 bits per heavy atom. The van der Waals surface area contributed by atoms with E-state index in [0.717, 1.165) is 30.0 Å². The standard InChI is InChI=1S/C22H28N4O3.HI/c1-4-23-22(24-14-17-9-10-18(28-2)13-20(17)29-3)25-15-21(27)26-12-11-16-7-5-6-8-19(16)26;/h5-10,13H,4,11-12,14-15H2,1-3H3,(H2,23,24,25);1H. The minimum absolute atomic E-state index is 0. The monoisotopic (exact) mass is 524 g/mol. The second kappa shape index (κ2) is 11.6. The van der Waals surface area contributed by atoms with Gasteiger partial charge in [-0.2, -0.15) is 0 Å². The smallest absolute Gasteiger partial charge is 0.246 e. The molecule has 0 spiro atoms. The molecule has 0 aromatic heterocycles. The van der Waals surface area contributed by atoms with Crippen LogP contribution in [0.25, 0.3) is 0 Å². The quantitative estimate of drug-likeness (QED) is 0.331. The second-order valence-corrected chi connectivity index (χ2v) is 6.65. The second-order valence-electron chi connectivity index (χ2n) is 6.65. The molecule has 0 bridgehead atoms. The van der Waals surface area contributed by atoms with Crippen LogP contribution in [0.4, 0.5) is 5.69 Å². The number of rotatable bonds is 7. The highest BCUT2D eigenvalue weighted by atomic mass is 127. The van der Waals surface area contributed by atoms with Crippen LogP contribution >= 0.6 is 24.0 Å². The number of hydrogen-bond acceptors (Lipinski definition) is 4. The van der Waals surface area contributed by atoms with Crippen molar-refractivity contribution >= 4 is 41.5 Å². The number of hydrogen-bond donors (Lipinski definition) is 2. The van der Waals surface area contributed by atoms with Crippen LogP contribution in [0.1, 0.15) is 18.1 Å². The number of halogens is 1. The molecule has 0 unspecified atom stereocenters. The van der Waals surface area contributed by atoms with Crippen LogP contribution in [0, 0.1) is 0 Å². The maximum absolute atomic E-state index is 12.7. The van der Waals surface area contributed by atoms with Gasteiger partial charge in [-0.3, -0.25) is 4.79 Å². The van der Waals surface area contributed by atoms with Crippen molar-refractivity contribution < 1.29 is 14.3 Å². The summed E-state index contributed by atoms with van der Waals surface area (Å²) in [4.78, 5) is 19.1. The third-order valence-electron chi connectivity index (χ3n) is 4.84. The van der Waals surface area contributed by atoms with Crippen LogP contribution in [-0.4, -0.2) is 45.7 Å². The lowest BCUT2D eigenvalue weighted by atomic mass is 10.2. The Morgan fingerprint density at radius 3 is 2.67 bits per heavy atom. The zero-order valence-corrected chi connectivity index (χ0v) is 19.9. The Kier molecular flexibility index (Phi) is 9.22. The maximum Gasteiger partial charge on any atom is 0.246 e. The molecule has 1 aliphatic rings. The number of methoxy groups -OCH3 is 2. The fraction of sp³-hybridized carbons (Fsp3) is 0.364. The fourth-order valence-corrected chi connectivity index (χ4v) is 3.34. The molecule has 3 rings (SSSR count). The summed E-state index contributed by atoms with van der Waals surface area (Å²) in [6, 6.07) is 13.7. The summed E-state index contributed by atoms with van der Waals surface area (Å²) in [5.41, 5.74) is 3.16. The van der Waals surface area contributed by atoms with Gasteiger partial charge in [-0.05, 0) is 37.1 Å². The van der Waals surface area contributed by atoms with Gasteiger partial charge in [-0.15, -0.1) is 24.0 Å². The fourth-order valence-electron chi connectivity index (χ4n) is 3.34. The van der Waals surface area contributed by atoms with E-state index < -0.39 is 0 Å². The van der Waals surface area contributed by atoms with Gasteiger partial charge in [0.1, 0.15) is 11.5 Å². The third-order valence-corrected chi connectivity index (χ3v) is 4.84. The van der Waals surface area contributed by atoms with Gasteiger partial charge in [-0.1, -0.05) is 18.2 Å². The molecule has 0 saturated carbocycles. The van der Waals surface area contributed by atoms with Crippen LogP contribution in [0.5, 0.6) is 11.5 Å². The molecular formula is C22H29IN4O3. The number of carbonyl (C=O) groups excluding carboxylic acids is 1. The third kappa shape index (κ3) is 5.78. The first kappa shape index (κ1) is 23.8. The van der Waals surface area contributed by atoms with E-state index in [2.05, 4.69) is 21.7 Å². The topological polar surface area (TPSA) is 75.2 Å². The highest BCUT2D eigenvalue weighted by Crippen LogP contribution is 2.27. The van der Waals surface area contributed by atoms with Gasteiger partial charge in [0.05, 0.1) is 27.3 Å². The molecule has 8 heteroatoms. The SMILES string of the molecule is CCNC(=NCc1ccc(OC)cc1OC)NCC(=O)N1CCc2ccccc21.I. The van der Waals surface area contributed by atoms with Crippen molar-refractivity contribution in [3.05, 3.63) is 53.6 Å². The number of anilines is 1. The number of nitrogens with one attached hydrogen (secondary N) is 2. The van der Waals surface area contributed by atoms with Crippen molar-refractivity contribution in [1.82, 2.24) is 10.6 Å². The van der Waals surface area contributed by atoms with E-state index in [1.54, 1.807) is 14.2 Å². The molecule has 0 aliphatic carbocycles. The average molecular weight is 524 g/mol. The van der Waals surface area contributed by atoms with Crippen molar-refractivity contribution in [2.45, 2.75) is 19.9 Å². The number of amides is 1. The number of guanidine groups is 1. The van der Waals surface area contributed by atoms with E-state index in [1.165, 1.54) is 5.56 Å². The van der Waals surface area contributed by atoms with Crippen molar-refractivity contribution in [2.75, 3.05) is 38.8 Å². The van der Waals surface area contributed by atoms with Gasteiger partial charge in [0.25, 0.3) is 0 Å². The zero-order valence-electron chi connectivity index (χ0n) is 17.6. The van der Waals surface area contributed by atoms with Gasteiger partial charge in [0.15, 0.2) is 5.96 Å². The van der Waals surface area contributed by atoms with Crippen molar-refractivity contribution in [1.29, 1.82) is 0 Å². The normalized spacial score (nSPS) is 12.6. The minimum Gasteiger partial charge on any atom is -0.497 e. The van der Waals surface area contributed by atoms with E-state index >= 15 is 0 Å². The summed E-state index contributed by atoms with van der Waals surface area (Å²) in [5.74, 6) is 2.07. The number of ether oxygens (including phenoxy) is 2. The first-order valence-electron chi connectivity index (χ1n) is 9.77. The molecule has 0 fully saturated rings. The van der Waals surface area contributed by atoms with Crippen molar-refractivity contribution in [2.24, 2.45) is 4.99 Å². The summed E-state index contributed by atoms with van der Waals surface area (Å²) in [7, 11) is 3.24. The molecule has 7 nitrogen and oxygen atoms in total. The molecule has 0 saturated heterocycles. The summed E-state index contributed by atoms with van der Waals surface area (Å²) >= 11 is 0. The molecule has 162 valence electrons. The van der Waals surface area contributed by atoms with Gasteiger partial charge < -0.3 is 25.0 Å². The maximum atomic E-state index is 12.7. The molecule has 1 amide bonds. The molecule has 1 aliphatic heterocycles. The molecular weight excluding hydrogens is 495 g/mol. The van der Waals surface area contributed by atoms with E-state index in [9.17, 15) is 4.79 Å². The van der Waals surface area contributed by atoms with Crippen LogP contribution in [0.15, 0.2) is 47.5 Å². The first-order valence-corrected chi connectivity index (χ1v) is 9.77. The van der Waals surface area contributed by atoms with Crippen LogP contribution in [0.3, 0.4) is 0 Å². The highest BCUT2D eigenvalue weighted by Gasteiger charge is 2.23. The Morgan fingerprint density at radius 1 is 1.13 bits per heavy atom. The van der Waals surface area contributed by atoms with Crippen molar-refractivity contribution in [3.63, 3.8) is 0 Å². The van der Waals surface area contributed by atoms with E-state index in [4.69, 9.17) is 9.47 Å². The zero-order chi connectivity index (χ0) is 20.6. The summed E-state index contributed by atoms with van der Waals surface area (Å²) in [6.45, 7) is 4.01. The molecule has 0 atom stereocenters. The molecule has 2 aromatic carbocycles. The molecule has 0 radical (unpaired) electrons. The van der Waals surface area contributed by atoms with E-state index in [0.29, 0.717) is 24.8 Å². The number of para-hydroxylation sites is 1. The summed E-state index contributed by atoms with van der Waals surface area (Å²) in [5, 5.41) is 6.32. The minimum atomic E-state index is 0. The Bertz CT molecular complexity index is 888. The van der Waals surface area contributed by atoms with Gasteiger partial charge >= 0.3 is 0 Å². The van der Waals surface area contributed by atoms with Gasteiger partial charge in [0.2, 0.25) is 5.91 Å². The summed E-state index contributed by atoms with van der Waals surface area (Å²) in [6.07, 6.45) is 0.896. The lowest BCUT2D eigenvalue weighted by Gasteiger charge is -2.19. The lowest BCUT2D eigenvalue weighted by molar-refractivity contribution is -0.117. The first-order chi connectivity index (χ1) is 14.2. The molecule has 30 heavy (non-hydrogen) atoms. The number of benzene rings is 2. The Hall–Kier alpha value is -2.49. The predicted molar refractivity (Wildman–Crippen MR) is 130 cm³/mol. The van der Waals surface area contributed by atoms with E-state index in [1.807, 2.05) is 48.2 Å². The largest absolute Gasteiger partial charge is 0.497 e. The number of fused-ring (bicyclic) bond motifs is 1. The molecule has 1 heterocycles. The number of aliphatic imine (C=N–C) groups is 1. The average Bonchev–Trinajstić information content (AvgIpc) is 3.19. The molecule has 2 aromatic rings. The van der Waals surface area contributed by atoms with Gasteiger partial charge in [-0.25, -0.2) is 4.99 Å². The van der Waals surface area contributed by atoms with Crippen LogP contribution in [-0.2, 0) is 17.8 Å². The van der Waals surface area contributed by atoms with Crippen molar-refractivity contribution in [3.8, 4) is 11.5 Å².